The van der Waals surface area contributed by atoms with Crippen molar-refractivity contribution in [1.29, 1.82) is 0 Å². The molecule has 1 saturated carbocycles. The molecule has 18 heavy (non-hydrogen) atoms. The normalized spacial score (nSPS) is 31.1. The van der Waals surface area contributed by atoms with Crippen LogP contribution in [-0.2, 0) is 4.79 Å². The quantitative estimate of drug-likeness (QED) is 0.867. The summed E-state index contributed by atoms with van der Waals surface area (Å²) >= 11 is 0. The third-order valence-electron chi connectivity index (χ3n) is 4.18. The second-order valence-electron chi connectivity index (χ2n) is 5.57. The van der Waals surface area contributed by atoms with E-state index in [2.05, 4.69) is 9.88 Å². The summed E-state index contributed by atoms with van der Waals surface area (Å²) in [6, 6.07) is 5.97. The molecule has 1 aromatic rings. The van der Waals surface area contributed by atoms with Gasteiger partial charge >= 0.3 is 5.97 Å². The summed E-state index contributed by atoms with van der Waals surface area (Å²) in [6.07, 6.45) is 4.66. The van der Waals surface area contributed by atoms with Crippen LogP contribution in [0.25, 0.3) is 0 Å². The van der Waals surface area contributed by atoms with Gasteiger partial charge in [0.1, 0.15) is 5.82 Å². The average molecular weight is 246 g/mol. The molecule has 1 aliphatic carbocycles. The number of aromatic nitrogens is 1. The molecule has 0 amide bonds. The Morgan fingerprint density at radius 1 is 1.22 bits per heavy atom. The second kappa shape index (κ2) is 4.59. The van der Waals surface area contributed by atoms with Crippen LogP contribution >= 0.6 is 0 Å². The number of hydrogen-bond acceptors (Lipinski definition) is 3. The summed E-state index contributed by atoms with van der Waals surface area (Å²) in [7, 11) is 0. The van der Waals surface area contributed by atoms with Gasteiger partial charge in [0.15, 0.2) is 0 Å². The van der Waals surface area contributed by atoms with Gasteiger partial charge in [-0.25, -0.2) is 4.98 Å². The van der Waals surface area contributed by atoms with Gasteiger partial charge in [0, 0.05) is 19.3 Å². The summed E-state index contributed by atoms with van der Waals surface area (Å²) < 4.78 is 0. The van der Waals surface area contributed by atoms with Crippen molar-refractivity contribution >= 4 is 11.8 Å². The molecule has 2 unspecified atom stereocenters. The molecule has 96 valence electrons. The van der Waals surface area contributed by atoms with Crippen molar-refractivity contribution < 1.29 is 9.90 Å². The highest BCUT2D eigenvalue weighted by Crippen LogP contribution is 2.38. The molecular formula is C14H18N2O2. The van der Waals surface area contributed by atoms with Gasteiger partial charge in [-0.15, -0.1) is 0 Å². The Labute approximate surface area is 107 Å². The molecule has 1 aromatic heterocycles. The van der Waals surface area contributed by atoms with Crippen LogP contribution in [0.3, 0.4) is 0 Å². The molecule has 4 heteroatoms. The van der Waals surface area contributed by atoms with E-state index < -0.39 is 5.97 Å². The SMILES string of the molecule is O=C(O)C1CC2CC(C1)CN(c1ccccn1)C2. The number of carbonyl (C=O) groups is 1. The smallest absolute Gasteiger partial charge is 0.306 e. The number of carboxylic acid groups (broad SMARTS) is 1. The number of nitrogens with zero attached hydrogens (tertiary/aromatic N) is 2. The van der Waals surface area contributed by atoms with E-state index in [0.717, 1.165) is 31.7 Å². The largest absolute Gasteiger partial charge is 0.481 e. The van der Waals surface area contributed by atoms with Crippen LogP contribution in [0.1, 0.15) is 19.3 Å². The number of fused-ring (bicyclic) bond motifs is 2. The van der Waals surface area contributed by atoms with Gasteiger partial charge < -0.3 is 10.0 Å². The fourth-order valence-electron chi connectivity index (χ4n) is 3.49. The molecule has 2 bridgehead atoms. The van der Waals surface area contributed by atoms with Gasteiger partial charge in [0.05, 0.1) is 5.92 Å². The predicted octanol–water partition coefficient (Wildman–Crippen LogP) is 2.02. The highest BCUT2D eigenvalue weighted by molar-refractivity contribution is 5.70. The first-order valence-corrected chi connectivity index (χ1v) is 6.61. The summed E-state index contributed by atoms with van der Waals surface area (Å²) in [5, 5.41) is 9.15. The van der Waals surface area contributed by atoms with Crippen molar-refractivity contribution in [1.82, 2.24) is 4.98 Å². The molecule has 2 heterocycles. The van der Waals surface area contributed by atoms with Crippen molar-refractivity contribution in [3.63, 3.8) is 0 Å². The van der Waals surface area contributed by atoms with Gasteiger partial charge in [-0.1, -0.05) is 6.07 Å². The maximum atomic E-state index is 11.1. The minimum absolute atomic E-state index is 0.125. The van der Waals surface area contributed by atoms with Gasteiger partial charge in [-0.2, -0.15) is 0 Å². The lowest BCUT2D eigenvalue weighted by molar-refractivity contribution is -0.144. The van der Waals surface area contributed by atoms with Crippen LogP contribution in [0.15, 0.2) is 24.4 Å². The Morgan fingerprint density at radius 2 is 1.94 bits per heavy atom. The lowest BCUT2D eigenvalue weighted by Crippen LogP contribution is -2.46. The van der Waals surface area contributed by atoms with E-state index in [0.29, 0.717) is 11.8 Å². The van der Waals surface area contributed by atoms with Gasteiger partial charge in [0.2, 0.25) is 0 Å². The maximum Gasteiger partial charge on any atom is 0.306 e. The summed E-state index contributed by atoms with van der Waals surface area (Å²) in [6.45, 7) is 1.91. The molecule has 4 nitrogen and oxygen atoms in total. The van der Waals surface area contributed by atoms with E-state index in [1.54, 1.807) is 0 Å². The van der Waals surface area contributed by atoms with Crippen molar-refractivity contribution in [3.8, 4) is 0 Å². The molecular weight excluding hydrogens is 228 g/mol. The highest BCUT2D eigenvalue weighted by Gasteiger charge is 2.38. The minimum atomic E-state index is -0.615. The number of rotatable bonds is 2. The fourth-order valence-corrected chi connectivity index (χ4v) is 3.49. The van der Waals surface area contributed by atoms with E-state index in [-0.39, 0.29) is 5.92 Å². The van der Waals surface area contributed by atoms with E-state index in [1.165, 1.54) is 6.42 Å². The first-order valence-electron chi connectivity index (χ1n) is 6.61. The van der Waals surface area contributed by atoms with Crippen LogP contribution < -0.4 is 4.90 Å². The molecule has 0 spiro atoms. The number of pyridine rings is 1. The monoisotopic (exact) mass is 246 g/mol. The Morgan fingerprint density at radius 3 is 2.50 bits per heavy atom. The summed E-state index contributed by atoms with van der Waals surface area (Å²) in [5.41, 5.74) is 0. The molecule has 0 aromatic carbocycles. The number of anilines is 1. The zero-order chi connectivity index (χ0) is 12.5. The zero-order valence-electron chi connectivity index (χ0n) is 10.3. The molecule has 2 atom stereocenters. The predicted molar refractivity (Wildman–Crippen MR) is 68.4 cm³/mol. The summed E-state index contributed by atoms with van der Waals surface area (Å²) in [4.78, 5) is 17.8. The summed E-state index contributed by atoms with van der Waals surface area (Å²) in [5.74, 6) is 1.32. The van der Waals surface area contributed by atoms with E-state index in [9.17, 15) is 4.79 Å². The van der Waals surface area contributed by atoms with Gasteiger partial charge in [-0.3, -0.25) is 4.79 Å². The first kappa shape index (κ1) is 11.5. The van der Waals surface area contributed by atoms with E-state index in [1.807, 2.05) is 24.4 Å². The average Bonchev–Trinajstić information content (AvgIpc) is 2.38. The van der Waals surface area contributed by atoms with Crippen LogP contribution in [0.2, 0.25) is 0 Å². The number of aliphatic carboxylic acids is 1. The number of piperidine rings is 1. The van der Waals surface area contributed by atoms with E-state index >= 15 is 0 Å². The van der Waals surface area contributed by atoms with Crippen LogP contribution in [0.5, 0.6) is 0 Å². The molecule has 1 N–H and O–H groups in total. The standard InChI is InChI=1S/C14H18N2O2/c17-14(18)12-6-10-5-11(7-12)9-16(8-10)13-3-1-2-4-15-13/h1-4,10-12H,5-9H2,(H,17,18). The molecule has 2 aliphatic rings. The number of hydrogen-bond donors (Lipinski definition) is 1. The maximum absolute atomic E-state index is 11.1. The molecule has 3 rings (SSSR count). The molecule has 1 aliphatic heterocycles. The third-order valence-corrected chi connectivity index (χ3v) is 4.18. The molecule has 1 saturated heterocycles. The van der Waals surface area contributed by atoms with Crippen LogP contribution in [-0.4, -0.2) is 29.1 Å². The lowest BCUT2D eigenvalue weighted by Gasteiger charge is -2.43. The van der Waals surface area contributed by atoms with Gasteiger partial charge in [0.25, 0.3) is 0 Å². The minimum Gasteiger partial charge on any atom is -0.481 e. The Balaban J connectivity index is 1.73. The van der Waals surface area contributed by atoms with E-state index in [4.69, 9.17) is 5.11 Å². The van der Waals surface area contributed by atoms with Crippen molar-refractivity contribution in [2.45, 2.75) is 19.3 Å². The lowest BCUT2D eigenvalue weighted by atomic mass is 9.72. The Bertz CT molecular complexity index is 421. The second-order valence-corrected chi connectivity index (χ2v) is 5.57. The Kier molecular flexibility index (Phi) is 2.94. The van der Waals surface area contributed by atoms with Crippen LogP contribution in [0.4, 0.5) is 5.82 Å². The topological polar surface area (TPSA) is 53.4 Å². The van der Waals surface area contributed by atoms with Crippen molar-refractivity contribution in [2.24, 2.45) is 17.8 Å². The Hall–Kier alpha value is -1.58. The highest BCUT2D eigenvalue weighted by atomic mass is 16.4. The van der Waals surface area contributed by atoms with Gasteiger partial charge in [-0.05, 0) is 43.2 Å². The van der Waals surface area contributed by atoms with Crippen molar-refractivity contribution in [3.05, 3.63) is 24.4 Å². The zero-order valence-corrected chi connectivity index (χ0v) is 10.3. The first-order chi connectivity index (χ1) is 8.72. The van der Waals surface area contributed by atoms with Crippen molar-refractivity contribution in [2.75, 3.05) is 18.0 Å². The third kappa shape index (κ3) is 2.19. The number of carboxylic acids is 1. The molecule has 0 radical (unpaired) electrons. The fraction of sp³-hybridized carbons (Fsp3) is 0.571. The molecule has 2 fully saturated rings. The van der Waals surface area contributed by atoms with Crippen LogP contribution in [0, 0.1) is 17.8 Å².